The number of para-hydroxylation sites is 2. The van der Waals surface area contributed by atoms with Crippen molar-refractivity contribution >= 4 is 17.4 Å². The van der Waals surface area contributed by atoms with Crippen LogP contribution in [-0.4, -0.2) is 32.7 Å². The number of nitrogens with one attached hydrogen (secondary N) is 1. The first-order valence-electron chi connectivity index (χ1n) is 6.09. The lowest BCUT2D eigenvalue weighted by molar-refractivity contribution is 0.247. The zero-order valence-electron chi connectivity index (χ0n) is 10.4. The molecule has 4 nitrogen and oxygen atoms in total. The summed E-state index contributed by atoms with van der Waals surface area (Å²) in [5, 5.41) is 2.87. The highest BCUT2D eigenvalue weighted by Gasteiger charge is 2.22. The van der Waals surface area contributed by atoms with Crippen molar-refractivity contribution in [3.05, 3.63) is 24.3 Å². The van der Waals surface area contributed by atoms with E-state index in [1.54, 1.807) is 0 Å². The highest BCUT2D eigenvalue weighted by molar-refractivity contribution is 5.96. The maximum atomic E-state index is 12.0. The van der Waals surface area contributed by atoms with Gasteiger partial charge in [0.2, 0.25) is 0 Å². The zero-order chi connectivity index (χ0) is 12.3. The Balaban J connectivity index is 2.35. The first kappa shape index (κ1) is 11.8. The number of fused-ring (bicyclic) bond motifs is 1. The molecule has 0 aromatic heterocycles. The van der Waals surface area contributed by atoms with E-state index in [9.17, 15) is 4.79 Å². The van der Waals surface area contributed by atoms with Crippen molar-refractivity contribution < 1.29 is 4.79 Å². The molecule has 2 rings (SSSR count). The maximum Gasteiger partial charge on any atom is 0.321 e. The summed E-state index contributed by atoms with van der Waals surface area (Å²) in [4.78, 5) is 16.1. The third-order valence-corrected chi connectivity index (χ3v) is 3.03. The molecule has 0 saturated carbocycles. The van der Waals surface area contributed by atoms with Gasteiger partial charge in [-0.05, 0) is 25.5 Å². The van der Waals surface area contributed by atoms with Gasteiger partial charge in [-0.1, -0.05) is 12.1 Å². The number of hydrogen-bond donors (Lipinski definition) is 1. The molecule has 17 heavy (non-hydrogen) atoms. The van der Waals surface area contributed by atoms with Crippen molar-refractivity contribution in [1.29, 1.82) is 0 Å². The van der Waals surface area contributed by atoms with Crippen molar-refractivity contribution in [1.82, 2.24) is 5.32 Å². The van der Waals surface area contributed by atoms with Gasteiger partial charge < -0.3 is 10.2 Å². The third-order valence-electron chi connectivity index (χ3n) is 3.03. The number of carbonyl (C=O) groups is 1. The lowest BCUT2D eigenvalue weighted by Crippen LogP contribution is -2.40. The molecule has 1 N–H and O–H groups in total. The molecule has 0 atom stereocenters. The summed E-state index contributed by atoms with van der Waals surface area (Å²) >= 11 is 0. The fourth-order valence-corrected chi connectivity index (χ4v) is 2.18. The minimum absolute atomic E-state index is 0.00440. The highest BCUT2D eigenvalue weighted by atomic mass is 16.2. The van der Waals surface area contributed by atoms with Gasteiger partial charge >= 0.3 is 6.03 Å². The van der Waals surface area contributed by atoms with E-state index < -0.39 is 0 Å². The monoisotopic (exact) mass is 233 g/mol. The van der Waals surface area contributed by atoms with E-state index in [4.69, 9.17) is 0 Å². The fourth-order valence-electron chi connectivity index (χ4n) is 2.18. The van der Waals surface area contributed by atoms with E-state index in [-0.39, 0.29) is 6.03 Å². The Morgan fingerprint density at radius 3 is 2.71 bits per heavy atom. The van der Waals surface area contributed by atoms with Crippen LogP contribution in [0.2, 0.25) is 0 Å². The molecular formula is C13H19N3O. The normalized spacial score (nSPS) is 15.2. The summed E-state index contributed by atoms with van der Waals surface area (Å²) in [5.74, 6) is 0. The van der Waals surface area contributed by atoms with Gasteiger partial charge in [-0.3, -0.25) is 4.90 Å². The van der Waals surface area contributed by atoms with Crippen molar-refractivity contribution in [2.24, 2.45) is 0 Å². The summed E-state index contributed by atoms with van der Waals surface area (Å²) in [7, 11) is 2.07. The first-order valence-corrected chi connectivity index (χ1v) is 6.09. The van der Waals surface area contributed by atoms with Crippen molar-refractivity contribution in [2.75, 3.05) is 36.5 Å². The number of benzene rings is 1. The quantitative estimate of drug-likeness (QED) is 0.806. The smallest absolute Gasteiger partial charge is 0.321 e. The van der Waals surface area contributed by atoms with Gasteiger partial charge in [-0.2, -0.15) is 0 Å². The second kappa shape index (κ2) is 5.08. The van der Waals surface area contributed by atoms with Crippen LogP contribution in [0, 0.1) is 0 Å². The number of carbonyl (C=O) groups excluding carboxylic acids is 1. The molecule has 0 radical (unpaired) electrons. The highest BCUT2D eigenvalue weighted by Crippen LogP contribution is 2.30. The average molecular weight is 233 g/mol. The molecule has 0 bridgehead atoms. The molecular weight excluding hydrogens is 214 g/mol. The summed E-state index contributed by atoms with van der Waals surface area (Å²) in [6, 6.07) is 8.05. The molecule has 0 saturated heterocycles. The first-order chi connectivity index (χ1) is 8.24. The zero-order valence-corrected chi connectivity index (χ0v) is 10.4. The lowest BCUT2D eigenvalue weighted by Gasteiger charge is -2.24. The van der Waals surface area contributed by atoms with E-state index in [0.717, 1.165) is 30.9 Å². The Morgan fingerprint density at radius 1 is 1.29 bits per heavy atom. The van der Waals surface area contributed by atoms with E-state index >= 15 is 0 Å². The number of nitrogens with zero attached hydrogens (tertiary/aromatic N) is 2. The van der Waals surface area contributed by atoms with Gasteiger partial charge in [0, 0.05) is 26.7 Å². The number of rotatable bonds is 1. The van der Waals surface area contributed by atoms with E-state index in [2.05, 4.69) is 23.3 Å². The second-order valence-electron chi connectivity index (χ2n) is 4.25. The van der Waals surface area contributed by atoms with Gasteiger partial charge in [0.15, 0.2) is 0 Å². The van der Waals surface area contributed by atoms with Gasteiger partial charge in [-0.25, -0.2) is 4.79 Å². The molecule has 0 unspecified atom stereocenters. The number of amides is 2. The Kier molecular flexibility index (Phi) is 3.52. The van der Waals surface area contributed by atoms with Gasteiger partial charge in [0.25, 0.3) is 0 Å². The topological polar surface area (TPSA) is 35.6 Å². The molecule has 92 valence electrons. The summed E-state index contributed by atoms with van der Waals surface area (Å²) in [6.07, 6.45) is 0.988. The van der Waals surface area contributed by atoms with Crippen molar-refractivity contribution in [3.8, 4) is 0 Å². The van der Waals surface area contributed by atoms with E-state index in [1.165, 1.54) is 0 Å². The molecule has 0 fully saturated rings. The van der Waals surface area contributed by atoms with Crippen LogP contribution in [-0.2, 0) is 0 Å². The SMILES string of the molecule is CCNC(=O)N1CCCN(C)c2ccccc21. The van der Waals surface area contributed by atoms with Crippen LogP contribution < -0.4 is 15.1 Å². The Labute approximate surface area is 102 Å². The molecule has 0 aliphatic carbocycles. The summed E-state index contributed by atoms with van der Waals surface area (Å²) in [5.41, 5.74) is 2.12. The average Bonchev–Trinajstić information content (AvgIpc) is 2.50. The minimum atomic E-state index is -0.00440. The molecule has 4 heteroatoms. The predicted molar refractivity (Wildman–Crippen MR) is 70.7 cm³/mol. The van der Waals surface area contributed by atoms with E-state index in [1.807, 2.05) is 30.0 Å². The molecule has 1 aliphatic rings. The number of urea groups is 1. The van der Waals surface area contributed by atoms with Gasteiger partial charge in [-0.15, -0.1) is 0 Å². The van der Waals surface area contributed by atoms with Gasteiger partial charge in [0.1, 0.15) is 0 Å². The molecule has 1 aromatic rings. The maximum absolute atomic E-state index is 12.0. The standard InChI is InChI=1S/C13H19N3O/c1-3-14-13(17)16-10-6-9-15(2)11-7-4-5-8-12(11)16/h4-5,7-8H,3,6,9-10H2,1-2H3,(H,14,17). The van der Waals surface area contributed by atoms with Crippen LogP contribution in [0.25, 0.3) is 0 Å². The van der Waals surface area contributed by atoms with Crippen LogP contribution >= 0.6 is 0 Å². The predicted octanol–water partition coefficient (Wildman–Crippen LogP) is 2.06. The summed E-state index contributed by atoms with van der Waals surface area (Å²) in [6.45, 7) is 4.35. The van der Waals surface area contributed by atoms with Crippen LogP contribution in [0.5, 0.6) is 0 Å². The minimum Gasteiger partial charge on any atom is -0.373 e. The second-order valence-corrected chi connectivity index (χ2v) is 4.25. The largest absolute Gasteiger partial charge is 0.373 e. The van der Waals surface area contributed by atoms with Gasteiger partial charge in [0.05, 0.1) is 11.4 Å². The molecule has 2 amide bonds. The molecule has 0 spiro atoms. The Hall–Kier alpha value is -1.71. The number of hydrogen-bond acceptors (Lipinski definition) is 2. The van der Waals surface area contributed by atoms with Crippen LogP contribution in [0.1, 0.15) is 13.3 Å². The third kappa shape index (κ3) is 2.35. The molecule has 1 aromatic carbocycles. The number of anilines is 2. The van der Waals surface area contributed by atoms with E-state index in [0.29, 0.717) is 6.54 Å². The lowest BCUT2D eigenvalue weighted by atomic mass is 10.2. The fraction of sp³-hybridized carbons (Fsp3) is 0.462. The molecule has 1 aliphatic heterocycles. The van der Waals surface area contributed by atoms with Crippen LogP contribution in [0.3, 0.4) is 0 Å². The van der Waals surface area contributed by atoms with Crippen LogP contribution in [0.4, 0.5) is 16.2 Å². The van der Waals surface area contributed by atoms with Crippen LogP contribution in [0.15, 0.2) is 24.3 Å². The van der Waals surface area contributed by atoms with Crippen molar-refractivity contribution in [2.45, 2.75) is 13.3 Å². The Bertz CT molecular complexity index is 405. The summed E-state index contributed by atoms with van der Waals surface area (Å²) < 4.78 is 0. The van der Waals surface area contributed by atoms with Crippen molar-refractivity contribution in [3.63, 3.8) is 0 Å². The Morgan fingerprint density at radius 2 is 2.00 bits per heavy atom. The molecule has 1 heterocycles.